The van der Waals surface area contributed by atoms with Crippen LogP contribution < -0.4 is 0 Å². The normalized spacial score (nSPS) is 16.1. The molecule has 0 bridgehead atoms. The van der Waals surface area contributed by atoms with Gasteiger partial charge >= 0.3 is 6.18 Å². The van der Waals surface area contributed by atoms with Gasteiger partial charge in [0.1, 0.15) is 17.9 Å². The van der Waals surface area contributed by atoms with Crippen molar-refractivity contribution in [2.45, 2.75) is 45.0 Å². The molecule has 2 aromatic heterocycles. The van der Waals surface area contributed by atoms with Crippen LogP contribution in [-0.4, -0.2) is 55.7 Å². The van der Waals surface area contributed by atoms with Crippen LogP contribution in [0.5, 0.6) is 0 Å². The largest absolute Gasteiger partial charge is 0.433 e. The summed E-state index contributed by atoms with van der Waals surface area (Å²) in [5.41, 5.74) is -0.0813. The van der Waals surface area contributed by atoms with Crippen molar-refractivity contribution in [2.24, 2.45) is 5.92 Å². The van der Waals surface area contributed by atoms with Crippen LogP contribution in [0.4, 0.5) is 13.2 Å². The van der Waals surface area contributed by atoms with Crippen LogP contribution in [0.15, 0.2) is 42.6 Å². The van der Waals surface area contributed by atoms with E-state index in [0.29, 0.717) is 24.2 Å². The van der Waals surface area contributed by atoms with Crippen LogP contribution in [0.3, 0.4) is 0 Å². The maximum atomic E-state index is 12.9. The molecule has 10 heteroatoms. The molecule has 0 spiro atoms. The number of likely N-dealkylation sites (tertiary alicyclic amines) is 1. The molecular formula is C24H25F3N4O3. The number of carbonyl (C=O) groups is 2. The summed E-state index contributed by atoms with van der Waals surface area (Å²) >= 11 is 0. The molecule has 1 saturated heterocycles. The van der Waals surface area contributed by atoms with E-state index in [9.17, 15) is 27.9 Å². The highest BCUT2D eigenvalue weighted by Gasteiger charge is 2.33. The molecule has 1 atom stereocenters. The number of aliphatic hydroxyl groups excluding tert-OH is 1. The first-order valence-corrected chi connectivity index (χ1v) is 11.1. The van der Waals surface area contributed by atoms with Gasteiger partial charge in [0, 0.05) is 31.1 Å². The van der Waals surface area contributed by atoms with Gasteiger partial charge in [0.15, 0.2) is 5.78 Å². The molecule has 34 heavy (non-hydrogen) atoms. The molecule has 1 fully saturated rings. The molecule has 1 N–H and O–H groups in total. The smallest absolute Gasteiger partial charge is 0.393 e. The fraction of sp³-hybridized carbons (Fsp3) is 0.417. The average Bonchev–Trinajstić information content (AvgIpc) is 3.20. The van der Waals surface area contributed by atoms with E-state index in [2.05, 4.69) is 10.1 Å². The Kier molecular flexibility index (Phi) is 6.70. The Morgan fingerprint density at radius 1 is 1.18 bits per heavy atom. The fourth-order valence-electron chi connectivity index (χ4n) is 4.21. The monoisotopic (exact) mass is 474 g/mol. The number of aliphatic hydroxyl groups is 1. The van der Waals surface area contributed by atoms with Crippen LogP contribution in [-0.2, 0) is 23.9 Å². The zero-order valence-corrected chi connectivity index (χ0v) is 18.6. The Morgan fingerprint density at radius 3 is 2.59 bits per heavy atom. The number of hydrogen-bond donors (Lipinski definition) is 1. The van der Waals surface area contributed by atoms with Crippen molar-refractivity contribution in [1.82, 2.24) is 19.7 Å². The number of Topliss-reactive ketones (excluding diaryl/α,β-unsaturated/α-hetero) is 1. The zero-order valence-electron chi connectivity index (χ0n) is 18.6. The summed E-state index contributed by atoms with van der Waals surface area (Å²) < 4.78 is 40.2. The van der Waals surface area contributed by atoms with Gasteiger partial charge in [0.05, 0.1) is 11.6 Å². The first-order chi connectivity index (χ1) is 16.1. The Labute approximate surface area is 194 Å². The van der Waals surface area contributed by atoms with Gasteiger partial charge in [-0.1, -0.05) is 12.1 Å². The third-order valence-electron chi connectivity index (χ3n) is 6.18. The summed E-state index contributed by atoms with van der Waals surface area (Å²) in [6, 6.07) is 8.40. The molecule has 1 amide bonds. The maximum Gasteiger partial charge on any atom is 0.433 e. The van der Waals surface area contributed by atoms with E-state index in [1.165, 1.54) is 12.1 Å². The number of benzene rings is 1. The van der Waals surface area contributed by atoms with E-state index in [1.54, 1.807) is 40.9 Å². The van der Waals surface area contributed by atoms with Crippen LogP contribution in [0, 0.1) is 5.92 Å². The SMILES string of the molecule is C[C@@H](O)C1CCN(C(=O)Cn2cc3cc(CC(=O)c4cccc(C(F)(F)F)n4)ccc3n2)CC1. The number of amides is 1. The quantitative estimate of drug-likeness (QED) is 0.553. The summed E-state index contributed by atoms with van der Waals surface area (Å²) in [4.78, 5) is 30.4. The van der Waals surface area contributed by atoms with Gasteiger partial charge in [-0.05, 0) is 55.5 Å². The molecule has 180 valence electrons. The minimum atomic E-state index is -4.62. The second kappa shape index (κ2) is 9.54. The molecule has 4 rings (SSSR count). The highest BCUT2D eigenvalue weighted by molar-refractivity contribution is 5.96. The van der Waals surface area contributed by atoms with Gasteiger partial charge in [0.25, 0.3) is 0 Å². The number of pyridine rings is 1. The van der Waals surface area contributed by atoms with Crippen molar-refractivity contribution in [3.05, 3.63) is 59.5 Å². The van der Waals surface area contributed by atoms with Crippen molar-refractivity contribution in [1.29, 1.82) is 0 Å². The first kappa shape index (κ1) is 23.9. The number of carbonyl (C=O) groups excluding carboxylic acids is 2. The number of nitrogens with zero attached hydrogens (tertiary/aromatic N) is 4. The van der Waals surface area contributed by atoms with E-state index in [0.717, 1.165) is 24.3 Å². The molecule has 3 aromatic rings. The molecule has 0 saturated carbocycles. The lowest BCUT2D eigenvalue weighted by Crippen LogP contribution is -2.42. The molecule has 0 unspecified atom stereocenters. The predicted molar refractivity (Wildman–Crippen MR) is 118 cm³/mol. The van der Waals surface area contributed by atoms with Gasteiger partial charge in [-0.2, -0.15) is 18.3 Å². The topological polar surface area (TPSA) is 88.3 Å². The number of halogens is 3. The third-order valence-corrected chi connectivity index (χ3v) is 6.18. The molecule has 0 radical (unpaired) electrons. The first-order valence-electron chi connectivity index (χ1n) is 11.1. The average molecular weight is 474 g/mol. The number of hydrogen-bond acceptors (Lipinski definition) is 5. The lowest BCUT2D eigenvalue weighted by atomic mass is 9.92. The van der Waals surface area contributed by atoms with Crippen molar-refractivity contribution in [3.8, 4) is 0 Å². The minimum absolute atomic E-state index is 0.0529. The lowest BCUT2D eigenvalue weighted by Gasteiger charge is -2.33. The van der Waals surface area contributed by atoms with E-state index in [4.69, 9.17) is 0 Å². The van der Waals surface area contributed by atoms with Crippen LogP contribution >= 0.6 is 0 Å². The van der Waals surface area contributed by atoms with Gasteiger partial charge in [-0.25, -0.2) is 4.98 Å². The summed E-state index contributed by atoms with van der Waals surface area (Å²) in [6.45, 7) is 3.06. The minimum Gasteiger partial charge on any atom is -0.393 e. The molecule has 1 aliphatic rings. The second-order valence-electron chi connectivity index (χ2n) is 8.68. The Morgan fingerprint density at radius 2 is 1.91 bits per heavy atom. The molecular weight excluding hydrogens is 449 g/mol. The van der Waals surface area contributed by atoms with Crippen LogP contribution in [0.2, 0.25) is 0 Å². The predicted octanol–water partition coefficient (Wildman–Crippen LogP) is 3.49. The molecule has 7 nitrogen and oxygen atoms in total. The van der Waals surface area contributed by atoms with Crippen molar-refractivity contribution in [2.75, 3.05) is 13.1 Å². The number of piperidine rings is 1. The molecule has 1 aromatic carbocycles. The summed E-state index contributed by atoms with van der Waals surface area (Å²) in [6.07, 6.45) is -1.85. The Bertz CT molecular complexity index is 1200. The van der Waals surface area contributed by atoms with Crippen LogP contribution in [0.1, 0.15) is 41.5 Å². The third kappa shape index (κ3) is 5.44. The van der Waals surface area contributed by atoms with Crippen molar-refractivity contribution < 1.29 is 27.9 Å². The molecule has 3 heterocycles. The van der Waals surface area contributed by atoms with Gasteiger partial charge in [-0.15, -0.1) is 0 Å². The van der Waals surface area contributed by atoms with Crippen molar-refractivity contribution >= 4 is 22.6 Å². The lowest BCUT2D eigenvalue weighted by molar-refractivity contribution is -0.141. The molecule has 1 aliphatic heterocycles. The summed E-state index contributed by atoms with van der Waals surface area (Å²) in [5.74, 6) is -0.361. The second-order valence-corrected chi connectivity index (χ2v) is 8.68. The Balaban J connectivity index is 1.41. The van der Waals surface area contributed by atoms with Gasteiger partial charge < -0.3 is 10.0 Å². The highest BCUT2D eigenvalue weighted by Crippen LogP contribution is 2.27. The van der Waals surface area contributed by atoms with E-state index >= 15 is 0 Å². The van der Waals surface area contributed by atoms with E-state index in [-0.39, 0.29) is 36.6 Å². The van der Waals surface area contributed by atoms with Crippen LogP contribution in [0.25, 0.3) is 10.9 Å². The van der Waals surface area contributed by atoms with E-state index < -0.39 is 17.7 Å². The Hall–Kier alpha value is -3.27. The van der Waals surface area contributed by atoms with Gasteiger partial charge in [0.2, 0.25) is 5.91 Å². The highest BCUT2D eigenvalue weighted by atomic mass is 19.4. The standard InChI is InChI=1S/C24H25F3N4O3/c1-15(32)17-7-9-30(10-8-17)23(34)14-31-13-18-11-16(5-6-19(18)29-31)12-21(33)20-3-2-4-22(28-20)24(25,26)27/h2-6,11,13,15,17,32H,7-10,12,14H2,1H3/t15-/m1/s1. The maximum absolute atomic E-state index is 12.9. The van der Waals surface area contributed by atoms with Gasteiger partial charge in [-0.3, -0.25) is 14.3 Å². The fourth-order valence-corrected chi connectivity index (χ4v) is 4.21. The molecule has 0 aliphatic carbocycles. The van der Waals surface area contributed by atoms with Crippen molar-refractivity contribution in [3.63, 3.8) is 0 Å². The number of aromatic nitrogens is 3. The number of rotatable bonds is 6. The number of fused-ring (bicyclic) bond motifs is 1. The zero-order chi connectivity index (χ0) is 24.5. The number of ketones is 1. The summed E-state index contributed by atoms with van der Waals surface area (Å²) in [5, 5.41) is 14.9. The summed E-state index contributed by atoms with van der Waals surface area (Å²) in [7, 11) is 0. The number of alkyl halides is 3. The van der Waals surface area contributed by atoms with E-state index in [1.807, 2.05) is 0 Å².